The monoisotopic (exact) mass is 311 g/mol. The summed E-state index contributed by atoms with van der Waals surface area (Å²) in [4.78, 5) is 15.8. The number of aromatic nitrogens is 5. The summed E-state index contributed by atoms with van der Waals surface area (Å²) in [6, 6.07) is 7.05. The number of carboxylic acids is 1. The first-order chi connectivity index (χ1) is 11.0. The molecular weight excluding hydrogens is 294 g/mol. The number of nitrogens with one attached hydrogen (secondary N) is 1. The zero-order valence-electron chi connectivity index (χ0n) is 13.1. The van der Waals surface area contributed by atoms with Crippen molar-refractivity contribution in [3.05, 3.63) is 41.9 Å². The van der Waals surface area contributed by atoms with Crippen molar-refractivity contribution in [2.45, 2.75) is 26.8 Å². The minimum absolute atomic E-state index is 0.204. The summed E-state index contributed by atoms with van der Waals surface area (Å²) in [6.07, 6.45) is 1.84. The van der Waals surface area contributed by atoms with E-state index in [9.17, 15) is 9.90 Å². The molecule has 1 aromatic carbocycles. The van der Waals surface area contributed by atoms with Crippen LogP contribution in [0.4, 0.5) is 0 Å². The highest BCUT2D eigenvalue weighted by Crippen LogP contribution is 2.28. The van der Waals surface area contributed by atoms with E-state index < -0.39 is 5.97 Å². The van der Waals surface area contributed by atoms with Gasteiger partial charge in [0.25, 0.3) is 0 Å². The van der Waals surface area contributed by atoms with Crippen molar-refractivity contribution >= 4 is 5.97 Å². The molecule has 7 heteroatoms. The normalized spacial score (nSPS) is 11.1. The van der Waals surface area contributed by atoms with Crippen LogP contribution in [-0.2, 0) is 0 Å². The van der Waals surface area contributed by atoms with Crippen molar-refractivity contribution in [2.75, 3.05) is 0 Å². The Kier molecular flexibility index (Phi) is 3.69. The van der Waals surface area contributed by atoms with E-state index in [1.165, 1.54) is 0 Å². The van der Waals surface area contributed by atoms with Crippen LogP contribution in [0.25, 0.3) is 22.6 Å². The van der Waals surface area contributed by atoms with Crippen LogP contribution in [-0.4, -0.2) is 36.0 Å². The molecule has 0 amide bonds. The highest BCUT2D eigenvalue weighted by atomic mass is 16.4. The van der Waals surface area contributed by atoms with Crippen molar-refractivity contribution in [3.8, 4) is 22.6 Å². The van der Waals surface area contributed by atoms with Gasteiger partial charge in [0.1, 0.15) is 5.82 Å². The molecule has 0 saturated heterocycles. The van der Waals surface area contributed by atoms with E-state index in [0.29, 0.717) is 22.9 Å². The van der Waals surface area contributed by atoms with Crippen molar-refractivity contribution in [2.24, 2.45) is 0 Å². The molecule has 118 valence electrons. The van der Waals surface area contributed by atoms with E-state index in [1.807, 2.05) is 33.0 Å². The topological polar surface area (TPSA) is 96.7 Å². The SMILES string of the molecule is Cc1nc(-c2ccc(C(=O)O)c(-c3ccn(C(C)C)n3)c2)n[nH]1. The predicted molar refractivity (Wildman–Crippen MR) is 85.1 cm³/mol. The average molecular weight is 311 g/mol. The number of aromatic carboxylic acids is 1. The number of benzene rings is 1. The number of hydrogen-bond donors (Lipinski definition) is 2. The molecular formula is C16H17N5O2. The lowest BCUT2D eigenvalue weighted by molar-refractivity contribution is 0.0697. The zero-order valence-corrected chi connectivity index (χ0v) is 13.1. The van der Waals surface area contributed by atoms with Gasteiger partial charge in [0.05, 0.1) is 11.3 Å². The minimum Gasteiger partial charge on any atom is -0.478 e. The highest BCUT2D eigenvalue weighted by molar-refractivity contribution is 5.96. The molecule has 2 N–H and O–H groups in total. The molecule has 2 heterocycles. The Morgan fingerprint density at radius 1 is 1.30 bits per heavy atom. The number of carbonyl (C=O) groups is 1. The van der Waals surface area contributed by atoms with Gasteiger partial charge in [-0.05, 0) is 39.0 Å². The predicted octanol–water partition coefficient (Wildman–Crippen LogP) is 2.92. The smallest absolute Gasteiger partial charge is 0.336 e. The van der Waals surface area contributed by atoms with E-state index in [0.717, 1.165) is 5.56 Å². The number of carboxylic acid groups (broad SMARTS) is 1. The minimum atomic E-state index is -0.989. The maximum Gasteiger partial charge on any atom is 0.336 e. The molecule has 0 fully saturated rings. The number of nitrogens with zero attached hydrogens (tertiary/aromatic N) is 4. The maximum absolute atomic E-state index is 11.5. The summed E-state index contributed by atoms with van der Waals surface area (Å²) in [5.41, 5.74) is 2.12. The van der Waals surface area contributed by atoms with Gasteiger partial charge in [-0.1, -0.05) is 6.07 Å². The molecule has 3 rings (SSSR count). The van der Waals surface area contributed by atoms with Crippen LogP contribution in [0.2, 0.25) is 0 Å². The molecule has 0 spiro atoms. The first kappa shape index (κ1) is 15.0. The second-order valence-corrected chi connectivity index (χ2v) is 5.58. The molecule has 23 heavy (non-hydrogen) atoms. The quantitative estimate of drug-likeness (QED) is 0.772. The maximum atomic E-state index is 11.5. The molecule has 0 radical (unpaired) electrons. The summed E-state index contributed by atoms with van der Waals surface area (Å²) in [5, 5.41) is 20.8. The molecule has 7 nitrogen and oxygen atoms in total. The zero-order chi connectivity index (χ0) is 16.6. The average Bonchev–Trinajstić information content (AvgIpc) is 3.15. The Bertz CT molecular complexity index is 863. The van der Waals surface area contributed by atoms with Gasteiger partial charge in [-0.15, -0.1) is 0 Å². The highest BCUT2D eigenvalue weighted by Gasteiger charge is 2.17. The van der Waals surface area contributed by atoms with E-state index >= 15 is 0 Å². The fraction of sp³-hybridized carbons (Fsp3) is 0.250. The molecule has 0 atom stereocenters. The van der Waals surface area contributed by atoms with Gasteiger partial charge in [-0.25, -0.2) is 9.78 Å². The lowest BCUT2D eigenvalue weighted by atomic mass is 10.0. The van der Waals surface area contributed by atoms with Crippen molar-refractivity contribution in [1.29, 1.82) is 0 Å². The van der Waals surface area contributed by atoms with Crippen LogP contribution in [0, 0.1) is 6.92 Å². The van der Waals surface area contributed by atoms with Crippen LogP contribution in [0.3, 0.4) is 0 Å². The van der Waals surface area contributed by atoms with Crippen LogP contribution in [0.15, 0.2) is 30.5 Å². The number of aryl methyl sites for hydroxylation is 1. The molecule has 2 aromatic heterocycles. The van der Waals surface area contributed by atoms with Crippen LogP contribution < -0.4 is 0 Å². The first-order valence-electron chi connectivity index (χ1n) is 7.28. The Labute approximate surface area is 133 Å². The van der Waals surface area contributed by atoms with Gasteiger partial charge < -0.3 is 5.11 Å². The fourth-order valence-corrected chi connectivity index (χ4v) is 2.32. The Morgan fingerprint density at radius 2 is 2.09 bits per heavy atom. The molecule has 0 unspecified atom stereocenters. The largest absolute Gasteiger partial charge is 0.478 e. The van der Waals surface area contributed by atoms with Crippen molar-refractivity contribution < 1.29 is 9.90 Å². The van der Waals surface area contributed by atoms with Gasteiger partial charge in [0.15, 0.2) is 5.82 Å². The van der Waals surface area contributed by atoms with Gasteiger partial charge in [0, 0.05) is 23.4 Å². The van der Waals surface area contributed by atoms with Crippen molar-refractivity contribution in [3.63, 3.8) is 0 Å². The van der Waals surface area contributed by atoms with Gasteiger partial charge in [-0.3, -0.25) is 9.78 Å². The molecule has 0 aliphatic carbocycles. The fourth-order valence-electron chi connectivity index (χ4n) is 2.32. The summed E-state index contributed by atoms with van der Waals surface area (Å²) < 4.78 is 1.80. The third-order valence-electron chi connectivity index (χ3n) is 3.52. The lowest BCUT2D eigenvalue weighted by Gasteiger charge is -2.07. The van der Waals surface area contributed by atoms with E-state index in [2.05, 4.69) is 20.3 Å². The Hall–Kier alpha value is -2.96. The van der Waals surface area contributed by atoms with Crippen LogP contribution in [0.5, 0.6) is 0 Å². The van der Waals surface area contributed by atoms with E-state index in [4.69, 9.17) is 0 Å². The van der Waals surface area contributed by atoms with E-state index in [1.54, 1.807) is 22.9 Å². The molecule has 3 aromatic rings. The van der Waals surface area contributed by atoms with Crippen LogP contribution >= 0.6 is 0 Å². The van der Waals surface area contributed by atoms with Crippen LogP contribution in [0.1, 0.15) is 36.1 Å². The Morgan fingerprint density at radius 3 is 2.65 bits per heavy atom. The summed E-state index contributed by atoms with van der Waals surface area (Å²) >= 11 is 0. The van der Waals surface area contributed by atoms with Gasteiger partial charge in [-0.2, -0.15) is 10.2 Å². The number of H-pyrrole nitrogens is 1. The Balaban J connectivity index is 2.13. The molecule has 0 aliphatic rings. The molecule has 0 saturated carbocycles. The molecule has 0 bridgehead atoms. The number of hydrogen-bond acceptors (Lipinski definition) is 4. The lowest BCUT2D eigenvalue weighted by Crippen LogP contribution is -2.03. The number of aromatic amines is 1. The second kappa shape index (κ2) is 5.68. The first-order valence-corrected chi connectivity index (χ1v) is 7.28. The van der Waals surface area contributed by atoms with Gasteiger partial charge >= 0.3 is 5.97 Å². The third kappa shape index (κ3) is 2.85. The third-order valence-corrected chi connectivity index (χ3v) is 3.52. The molecule has 0 aliphatic heterocycles. The number of rotatable bonds is 4. The van der Waals surface area contributed by atoms with E-state index in [-0.39, 0.29) is 11.6 Å². The van der Waals surface area contributed by atoms with Crippen molar-refractivity contribution in [1.82, 2.24) is 25.0 Å². The summed E-state index contributed by atoms with van der Waals surface area (Å²) in [6.45, 7) is 5.84. The van der Waals surface area contributed by atoms with Gasteiger partial charge in [0.2, 0.25) is 0 Å². The summed E-state index contributed by atoms with van der Waals surface area (Å²) in [7, 11) is 0. The second-order valence-electron chi connectivity index (χ2n) is 5.58. The summed E-state index contributed by atoms with van der Waals surface area (Å²) in [5.74, 6) is 0.244. The standard InChI is InChI=1S/C16H17N5O2/c1-9(2)21-7-6-14(20-21)13-8-11(4-5-12(13)16(22)23)15-17-10(3)18-19-15/h4-9H,1-3H3,(H,22,23)(H,17,18,19).